The number of aliphatic hydroxyl groups excluding tert-OH is 1. The number of halogens is 3. The molecule has 88 valence electrons. The number of fused-ring (bicyclic) bond motifs is 1. The lowest BCUT2D eigenvalue weighted by Crippen LogP contribution is -2.30. The van der Waals surface area contributed by atoms with Gasteiger partial charge < -0.3 is 14.6 Å². The number of hydrogen-bond donors (Lipinski definition) is 1. The molecule has 0 atom stereocenters. The van der Waals surface area contributed by atoms with Crippen LogP contribution >= 0.6 is 11.6 Å². The van der Waals surface area contributed by atoms with Crippen molar-refractivity contribution in [1.82, 2.24) is 0 Å². The maximum absolute atomic E-state index is 13.0. The first-order valence-electron chi connectivity index (χ1n) is 4.58. The molecule has 6 heteroatoms. The van der Waals surface area contributed by atoms with Crippen LogP contribution in [0.5, 0.6) is 11.5 Å². The molecule has 0 fully saturated rings. The van der Waals surface area contributed by atoms with Gasteiger partial charge in [-0.05, 0) is 11.6 Å². The van der Waals surface area contributed by atoms with Crippen molar-refractivity contribution in [1.29, 1.82) is 0 Å². The van der Waals surface area contributed by atoms with Crippen LogP contribution in [-0.4, -0.2) is 24.2 Å². The molecule has 0 bridgehead atoms. The van der Waals surface area contributed by atoms with Gasteiger partial charge in [-0.3, -0.25) is 0 Å². The molecule has 0 spiro atoms. The standard InChI is InChI=1S/C10H9ClF2O3/c11-7-2-9-8(1-6(7)3-14)15-4-10(12,13)5-16-9/h1-2,14H,3-5H2. The van der Waals surface area contributed by atoms with Crippen molar-refractivity contribution in [2.75, 3.05) is 13.2 Å². The van der Waals surface area contributed by atoms with Gasteiger partial charge in [0.05, 0.1) is 11.6 Å². The van der Waals surface area contributed by atoms with Crippen molar-refractivity contribution in [3.63, 3.8) is 0 Å². The Morgan fingerprint density at radius 2 is 1.81 bits per heavy atom. The van der Waals surface area contributed by atoms with Crippen molar-refractivity contribution < 1.29 is 23.4 Å². The van der Waals surface area contributed by atoms with Crippen LogP contribution in [-0.2, 0) is 6.61 Å². The average Bonchev–Trinajstić information content (AvgIpc) is 2.38. The molecule has 1 aliphatic heterocycles. The highest BCUT2D eigenvalue weighted by molar-refractivity contribution is 6.31. The number of rotatable bonds is 1. The second kappa shape index (κ2) is 4.07. The zero-order valence-corrected chi connectivity index (χ0v) is 8.93. The molecule has 1 N–H and O–H groups in total. The summed E-state index contributed by atoms with van der Waals surface area (Å²) in [6.07, 6.45) is 0. The molecule has 0 saturated carbocycles. The van der Waals surface area contributed by atoms with Gasteiger partial charge in [-0.25, -0.2) is 0 Å². The lowest BCUT2D eigenvalue weighted by Gasteiger charge is -2.10. The summed E-state index contributed by atoms with van der Waals surface area (Å²) in [4.78, 5) is 0. The third-order valence-corrected chi connectivity index (χ3v) is 2.51. The van der Waals surface area contributed by atoms with Crippen LogP contribution in [0.4, 0.5) is 8.78 Å². The first-order valence-corrected chi connectivity index (χ1v) is 4.96. The number of ether oxygens (including phenoxy) is 2. The molecule has 1 aromatic rings. The molecule has 3 nitrogen and oxygen atoms in total. The molecular weight excluding hydrogens is 242 g/mol. The lowest BCUT2D eigenvalue weighted by atomic mass is 10.2. The molecule has 0 amide bonds. The summed E-state index contributed by atoms with van der Waals surface area (Å²) in [5, 5.41) is 9.22. The Kier molecular flexibility index (Phi) is 2.90. The molecular formula is C10H9ClF2O3. The summed E-state index contributed by atoms with van der Waals surface area (Å²) in [7, 11) is 0. The zero-order valence-electron chi connectivity index (χ0n) is 8.17. The molecule has 1 aromatic carbocycles. The van der Waals surface area contributed by atoms with Gasteiger partial charge in [-0.15, -0.1) is 0 Å². The zero-order chi connectivity index (χ0) is 11.8. The molecule has 0 radical (unpaired) electrons. The van der Waals surface area contributed by atoms with Gasteiger partial charge in [0.1, 0.15) is 0 Å². The molecule has 16 heavy (non-hydrogen) atoms. The van der Waals surface area contributed by atoms with Crippen LogP contribution < -0.4 is 9.47 Å². The minimum absolute atomic E-state index is 0.166. The van der Waals surface area contributed by atoms with Crippen LogP contribution in [0.25, 0.3) is 0 Å². The smallest absolute Gasteiger partial charge is 0.314 e. The average molecular weight is 251 g/mol. The summed E-state index contributed by atoms with van der Waals surface area (Å²) < 4.78 is 35.8. The van der Waals surface area contributed by atoms with E-state index < -0.39 is 19.1 Å². The Morgan fingerprint density at radius 1 is 1.25 bits per heavy atom. The summed E-state index contributed by atoms with van der Waals surface area (Å²) in [5.74, 6) is -2.68. The molecule has 1 heterocycles. The molecule has 0 saturated heterocycles. The van der Waals surface area contributed by atoms with E-state index in [1.807, 2.05) is 0 Å². The molecule has 2 rings (SSSR count). The minimum Gasteiger partial charge on any atom is -0.483 e. The molecule has 1 aliphatic rings. The largest absolute Gasteiger partial charge is 0.483 e. The van der Waals surface area contributed by atoms with Gasteiger partial charge in [0.25, 0.3) is 0 Å². The minimum atomic E-state index is -3.02. The number of aliphatic hydroxyl groups is 1. The summed E-state index contributed by atoms with van der Waals surface area (Å²) >= 11 is 5.80. The summed E-state index contributed by atoms with van der Waals surface area (Å²) in [6.45, 7) is -1.77. The Balaban J connectivity index is 2.35. The van der Waals surface area contributed by atoms with Crippen LogP contribution in [0, 0.1) is 0 Å². The quantitative estimate of drug-likeness (QED) is 0.831. The van der Waals surface area contributed by atoms with Crippen molar-refractivity contribution in [3.8, 4) is 11.5 Å². The highest BCUT2D eigenvalue weighted by Crippen LogP contribution is 2.37. The second-order valence-corrected chi connectivity index (χ2v) is 3.89. The van der Waals surface area contributed by atoms with E-state index in [4.69, 9.17) is 26.2 Å². The third kappa shape index (κ3) is 2.20. The van der Waals surface area contributed by atoms with Gasteiger partial charge in [0, 0.05) is 6.07 Å². The molecule has 0 unspecified atom stereocenters. The van der Waals surface area contributed by atoms with Gasteiger partial charge in [-0.2, -0.15) is 8.78 Å². The monoisotopic (exact) mass is 250 g/mol. The van der Waals surface area contributed by atoms with Crippen molar-refractivity contribution in [3.05, 3.63) is 22.7 Å². The Morgan fingerprint density at radius 3 is 2.38 bits per heavy atom. The summed E-state index contributed by atoms with van der Waals surface area (Å²) in [6, 6.07) is 2.77. The topological polar surface area (TPSA) is 38.7 Å². The van der Waals surface area contributed by atoms with E-state index in [0.717, 1.165) is 0 Å². The van der Waals surface area contributed by atoms with Crippen LogP contribution in [0.15, 0.2) is 12.1 Å². The van der Waals surface area contributed by atoms with Gasteiger partial charge >= 0.3 is 5.92 Å². The van der Waals surface area contributed by atoms with E-state index in [-0.39, 0.29) is 23.1 Å². The Bertz CT molecular complexity index is 409. The van der Waals surface area contributed by atoms with Gasteiger partial charge in [-0.1, -0.05) is 11.6 Å². The SMILES string of the molecule is OCc1cc2c(cc1Cl)OCC(F)(F)CO2. The van der Waals surface area contributed by atoms with E-state index in [1.54, 1.807) is 0 Å². The molecule has 0 aromatic heterocycles. The summed E-state index contributed by atoms with van der Waals surface area (Å²) in [5.41, 5.74) is 0.411. The van der Waals surface area contributed by atoms with E-state index in [9.17, 15) is 8.78 Å². The fourth-order valence-corrected chi connectivity index (χ4v) is 1.55. The first-order chi connectivity index (χ1) is 7.52. The van der Waals surface area contributed by atoms with Crippen molar-refractivity contribution in [2.45, 2.75) is 12.5 Å². The van der Waals surface area contributed by atoms with Gasteiger partial charge in [0.15, 0.2) is 24.7 Å². The number of alkyl halides is 2. The Labute approximate surface area is 95.5 Å². The molecule has 0 aliphatic carbocycles. The van der Waals surface area contributed by atoms with Gasteiger partial charge in [0.2, 0.25) is 0 Å². The van der Waals surface area contributed by atoms with E-state index >= 15 is 0 Å². The van der Waals surface area contributed by atoms with E-state index in [2.05, 4.69) is 0 Å². The lowest BCUT2D eigenvalue weighted by molar-refractivity contribution is -0.0622. The van der Waals surface area contributed by atoms with Crippen LogP contribution in [0.1, 0.15) is 5.56 Å². The number of hydrogen-bond acceptors (Lipinski definition) is 3. The fourth-order valence-electron chi connectivity index (χ4n) is 1.33. The fraction of sp³-hybridized carbons (Fsp3) is 0.400. The van der Waals surface area contributed by atoms with Crippen LogP contribution in [0.2, 0.25) is 5.02 Å². The van der Waals surface area contributed by atoms with Crippen molar-refractivity contribution >= 4 is 11.6 Å². The van der Waals surface area contributed by atoms with E-state index in [0.29, 0.717) is 5.56 Å². The second-order valence-electron chi connectivity index (χ2n) is 3.48. The van der Waals surface area contributed by atoms with E-state index in [1.165, 1.54) is 12.1 Å². The maximum atomic E-state index is 13.0. The maximum Gasteiger partial charge on any atom is 0.314 e. The predicted octanol–water partition coefficient (Wildman–Crippen LogP) is 2.24. The Hall–Kier alpha value is -1.07. The highest BCUT2D eigenvalue weighted by atomic mass is 35.5. The predicted molar refractivity (Wildman–Crippen MR) is 53.3 cm³/mol. The van der Waals surface area contributed by atoms with Crippen molar-refractivity contribution in [2.24, 2.45) is 0 Å². The van der Waals surface area contributed by atoms with Crippen LogP contribution in [0.3, 0.4) is 0 Å². The highest BCUT2D eigenvalue weighted by Gasteiger charge is 2.34. The number of benzene rings is 1. The normalized spacial score (nSPS) is 18.0. The third-order valence-electron chi connectivity index (χ3n) is 2.16. The first kappa shape index (κ1) is 11.4.